The third-order valence-electron chi connectivity index (χ3n) is 4.26. The molecule has 0 spiro atoms. The molecule has 0 fully saturated rings. The smallest absolute Gasteiger partial charge is 0.255 e. The summed E-state index contributed by atoms with van der Waals surface area (Å²) in [5.41, 5.74) is 1.71. The Labute approximate surface area is 143 Å². The van der Waals surface area contributed by atoms with Crippen molar-refractivity contribution < 1.29 is 9.90 Å². The van der Waals surface area contributed by atoms with Gasteiger partial charge in [0.2, 0.25) is 0 Å². The van der Waals surface area contributed by atoms with Crippen LogP contribution in [0.1, 0.15) is 38.1 Å². The lowest BCUT2D eigenvalue weighted by Crippen LogP contribution is -2.43. The molecule has 1 heterocycles. The molecule has 5 heteroatoms. The molecule has 0 radical (unpaired) electrons. The normalized spacial score (nSPS) is 13.1. The lowest BCUT2D eigenvalue weighted by molar-refractivity contribution is 0.0138. The zero-order chi connectivity index (χ0) is 17.9. The minimum Gasteiger partial charge on any atom is -0.392 e. The first-order chi connectivity index (χ1) is 11.2. The highest BCUT2D eigenvalue weighted by Gasteiger charge is 2.31. The van der Waals surface area contributed by atoms with E-state index in [-0.39, 0.29) is 11.8 Å². The summed E-state index contributed by atoms with van der Waals surface area (Å²) in [7, 11) is 1.80. The van der Waals surface area contributed by atoms with Gasteiger partial charge in [-0.2, -0.15) is 5.10 Å². The van der Waals surface area contributed by atoms with Crippen LogP contribution in [0.5, 0.6) is 0 Å². The number of benzene rings is 1. The lowest BCUT2D eigenvalue weighted by Gasteiger charge is -2.33. The van der Waals surface area contributed by atoms with E-state index in [4.69, 9.17) is 0 Å². The maximum Gasteiger partial charge on any atom is 0.255 e. The molecule has 2 aromatic rings. The third kappa shape index (κ3) is 4.03. The highest BCUT2D eigenvalue weighted by atomic mass is 16.3. The monoisotopic (exact) mass is 329 g/mol. The molecular formula is C19H27N3O2. The molecule has 0 bridgehead atoms. The first-order valence-corrected chi connectivity index (χ1v) is 8.27. The van der Waals surface area contributed by atoms with E-state index in [1.54, 1.807) is 17.9 Å². The van der Waals surface area contributed by atoms with Crippen LogP contribution < -0.4 is 5.32 Å². The predicted molar refractivity (Wildman–Crippen MR) is 95.6 cm³/mol. The van der Waals surface area contributed by atoms with Crippen LogP contribution in [0.3, 0.4) is 0 Å². The minimum atomic E-state index is -0.486. The van der Waals surface area contributed by atoms with Gasteiger partial charge < -0.3 is 10.4 Å². The molecule has 1 aromatic carbocycles. The highest BCUT2D eigenvalue weighted by molar-refractivity contribution is 5.99. The molecule has 1 amide bonds. The fourth-order valence-electron chi connectivity index (χ4n) is 2.87. The molecule has 130 valence electrons. The number of carbonyl (C=O) groups excluding carboxylic acids is 1. The van der Waals surface area contributed by atoms with Gasteiger partial charge in [0.1, 0.15) is 5.69 Å². The van der Waals surface area contributed by atoms with Gasteiger partial charge >= 0.3 is 0 Å². The molecule has 0 aliphatic carbocycles. The number of aryl methyl sites for hydroxylation is 1. The van der Waals surface area contributed by atoms with Crippen LogP contribution in [-0.4, -0.2) is 33.4 Å². The summed E-state index contributed by atoms with van der Waals surface area (Å²) < 4.78 is 1.64. The summed E-state index contributed by atoms with van der Waals surface area (Å²) in [6.45, 7) is 8.26. The second-order valence-corrected chi connectivity index (χ2v) is 7.29. The number of hydrogen-bond acceptors (Lipinski definition) is 3. The molecule has 0 saturated heterocycles. The highest BCUT2D eigenvalue weighted by Crippen LogP contribution is 2.26. The van der Waals surface area contributed by atoms with Crippen LogP contribution in [0.4, 0.5) is 0 Å². The third-order valence-corrected chi connectivity index (χ3v) is 4.26. The molecule has 1 unspecified atom stereocenters. The topological polar surface area (TPSA) is 67.2 Å². The minimum absolute atomic E-state index is 0.134. The van der Waals surface area contributed by atoms with Crippen LogP contribution in [0.25, 0.3) is 11.3 Å². The average Bonchev–Trinajstić information content (AvgIpc) is 2.94. The Morgan fingerprint density at radius 1 is 1.29 bits per heavy atom. The quantitative estimate of drug-likeness (QED) is 0.856. The van der Waals surface area contributed by atoms with E-state index in [1.807, 2.05) is 58.0 Å². The van der Waals surface area contributed by atoms with Crippen LogP contribution >= 0.6 is 0 Å². The largest absolute Gasteiger partial charge is 0.392 e. The Morgan fingerprint density at radius 3 is 2.50 bits per heavy atom. The van der Waals surface area contributed by atoms with Crippen molar-refractivity contribution in [1.29, 1.82) is 0 Å². The van der Waals surface area contributed by atoms with Crippen molar-refractivity contribution in [2.24, 2.45) is 18.4 Å². The van der Waals surface area contributed by atoms with Crippen molar-refractivity contribution >= 4 is 5.91 Å². The van der Waals surface area contributed by atoms with Gasteiger partial charge in [-0.25, -0.2) is 0 Å². The number of rotatable bonds is 6. The van der Waals surface area contributed by atoms with E-state index in [0.29, 0.717) is 17.8 Å². The summed E-state index contributed by atoms with van der Waals surface area (Å²) >= 11 is 0. The zero-order valence-electron chi connectivity index (χ0n) is 15.1. The van der Waals surface area contributed by atoms with E-state index < -0.39 is 11.5 Å². The van der Waals surface area contributed by atoms with Gasteiger partial charge in [0.05, 0.1) is 11.7 Å². The molecule has 0 saturated carbocycles. The fraction of sp³-hybridized carbons (Fsp3) is 0.474. The van der Waals surface area contributed by atoms with Crippen molar-refractivity contribution in [2.75, 3.05) is 6.54 Å². The Bertz CT molecular complexity index is 690. The molecule has 24 heavy (non-hydrogen) atoms. The number of carbonyl (C=O) groups is 1. The van der Waals surface area contributed by atoms with Crippen molar-refractivity contribution in [3.63, 3.8) is 0 Å². The summed E-state index contributed by atoms with van der Waals surface area (Å²) in [5, 5.41) is 17.7. The lowest BCUT2D eigenvalue weighted by atomic mass is 9.80. The Kier molecular flexibility index (Phi) is 5.44. The maximum absolute atomic E-state index is 12.6. The number of nitrogens with zero attached hydrogens (tertiary/aromatic N) is 2. The molecule has 0 aliphatic heterocycles. The van der Waals surface area contributed by atoms with Gasteiger partial charge in [0, 0.05) is 30.8 Å². The number of hydrogen-bond donors (Lipinski definition) is 2. The van der Waals surface area contributed by atoms with Crippen molar-refractivity contribution in [3.8, 4) is 11.3 Å². The SMILES string of the molecule is CC(C)C(O)C(C)(C)CNC(=O)c1cn(C)nc1-c1ccccc1. The van der Waals surface area contributed by atoms with E-state index >= 15 is 0 Å². The number of amides is 1. The van der Waals surface area contributed by atoms with Gasteiger partial charge in [-0.1, -0.05) is 58.0 Å². The molecule has 1 atom stereocenters. The average molecular weight is 329 g/mol. The second kappa shape index (κ2) is 7.18. The zero-order valence-corrected chi connectivity index (χ0v) is 15.1. The Morgan fingerprint density at radius 2 is 1.92 bits per heavy atom. The van der Waals surface area contributed by atoms with E-state index in [0.717, 1.165) is 5.56 Å². The molecule has 2 rings (SSSR count). The molecule has 1 aromatic heterocycles. The summed E-state index contributed by atoms with van der Waals surface area (Å²) in [5.74, 6) is -0.0406. The Hall–Kier alpha value is -2.14. The number of aliphatic hydroxyl groups is 1. The molecule has 0 aliphatic rings. The molecule has 5 nitrogen and oxygen atoms in total. The molecular weight excluding hydrogens is 302 g/mol. The van der Waals surface area contributed by atoms with Crippen LogP contribution in [-0.2, 0) is 7.05 Å². The first-order valence-electron chi connectivity index (χ1n) is 8.27. The predicted octanol–water partition coefficient (Wildman–Crippen LogP) is 2.86. The number of nitrogens with one attached hydrogen (secondary N) is 1. The van der Waals surface area contributed by atoms with Crippen molar-refractivity contribution in [1.82, 2.24) is 15.1 Å². The van der Waals surface area contributed by atoms with Crippen molar-refractivity contribution in [2.45, 2.75) is 33.8 Å². The Balaban J connectivity index is 2.17. The van der Waals surface area contributed by atoms with Gasteiger partial charge in [-0.15, -0.1) is 0 Å². The van der Waals surface area contributed by atoms with E-state index in [1.165, 1.54) is 0 Å². The van der Waals surface area contributed by atoms with Crippen LogP contribution in [0.15, 0.2) is 36.5 Å². The van der Waals surface area contributed by atoms with Gasteiger partial charge in [0.15, 0.2) is 0 Å². The maximum atomic E-state index is 12.6. The van der Waals surface area contributed by atoms with E-state index in [9.17, 15) is 9.90 Å². The first kappa shape index (κ1) is 18.2. The van der Waals surface area contributed by atoms with Crippen LogP contribution in [0.2, 0.25) is 0 Å². The van der Waals surface area contributed by atoms with Crippen LogP contribution in [0, 0.1) is 11.3 Å². The second-order valence-electron chi connectivity index (χ2n) is 7.29. The number of aromatic nitrogens is 2. The molecule has 2 N–H and O–H groups in total. The summed E-state index contributed by atoms with van der Waals surface area (Å²) in [4.78, 5) is 12.6. The van der Waals surface area contributed by atoms with Gasteiger partial charge in [0.25, 0.3) is 5.91 Å². The van der Waals surface area contributed by atoms with E-state index in [2.05, 4.69) is 10.4 Å². The van der Waals surface area contributed by atoms with Crippen molar-refractivity contribution in [3.05, 3.63) is 42.1 Å². The summed E-state index contributed by atoms with van der Waals surface area (Å²) in [6.07, 6.45) is 1.24. The fourth-order valence-corrected chi connectivity index (χ4v) is 2.87. The van der Waals surface area contributed by atoms with Gasteiger partial charge in [-0.05, 0) is 5.92 Å². The summed E-state index contributed by atoms with van der Waals surface area (Å²) in [6, 6.07) is 9.65. The van der Waals surface area contributed by atoms with Gasteiger partial charge in [-0.3, -0.25) is 9.48 Å². The number of aliphatic hydroxyl groups excluding tert-OH is 1. The standard InChI is InChI=1S/C19H27N3O2/c1-13(2)17(23)19(3,4)12-20-18(24)15-11-22(5)21-16(15)14-9-7-6-8-10-14/h6-11,13,17,23H,12H2,1-5H3,(H,20,24).